The summed E-state index contributed by atoms with van der Waals surface area (Å²) in [7, 11) is 0. The number of aryl methyl sites for hydroxylation is 2. The third-order valence-electron chi connectivity index (χ3n) is 4.71. The lowest BCUT2D eigenvalue weighted by atomic mass is 10.1. The molecular formula is C21H20N4OS. The number of aromatic amines is 1. The Morgan fingerprint density at radius 3 is 2.59 bits per heavy atom. The maximum absolute atomic E-state index is 12.5. The highest BCUT2D eigenvalue weighted by molar-refractivity contribution is 7.99. The summed E-state index contributed by atoms with van der Waals surface area (Å²) in [5, 5.41) is 5.65. The fourth-order valence-corrected chi connectivity index (χ4v) is 3.88. The van der Waals surface area contributed by atoms with Crippen LogP contribution in [-0.4, -0.2) is 19.7 Å². The van der Waals surface area contributed by atoms with Gasteiger partial charge in [0.25, 0.3) is 5.56 Å². The van der Waals surface area contributed by atoms with Crippen molar-refractivity contribution in [3.05, 3.63) is 81.8 Å². The largest absolute Gasteiger partial charge is 0.301 e. The summed E-state index contributed by atoms with van der Waals surface area (Å²) in [6, 6.07) is 16.3. The second-order valence-electron chi connectivity index (χ2n) is 6.60. The van der Waals surface area contributed by atoms with E-state index in [1.165, 1.54) is 28.5 Å². The molecule has 6 heteroatoms. The van der Waals surface area contributed by atoms with Gasteiger partial charge in [0.2, 0.25) is 0 Å². The number of H-pyrrole nitrogens is 1. The normalized spacial score (nSPS) is 12.4. The predicted molar refractivity (Wildman–Crippen MR) is 110 cm³/mol. The smallest absolute Gasteiger partial charge is 0.262 e. The van der Waals surface area contributed by atoms with Gasteiger partial charge in [0, 0.05) is 5.25 Å². The van der Waals surface area contributed by atoms with Gasteiger partial charge < -0.3 is 4.98 Å². The van der Waals surface area contributed by atoms with Crippen molar-refractivity contribution >= 4 is 22.8 Å². The van der Waals surface area contributed by atoms with Crippen LogP contribution in [0.5, 0.6) is 0 Å². The van der Waals surface area contributed by atoms with Gasteiger partial charge in [0.1, 0.15) is 5.39 Å². The molecule has 4 aromatic rings. The van der Waals surface area contributed by atoms with Gasteiger partial charge in [-0.05, 0) is 49.6 Å². The Labute approximate surface area is 161 Å². The first kappa shape index (κ1) is 17.5. The van der Waals surface area contributed by atoms with Crippen LogP contribution in [0.2, 0.25) is 0 Å². The summed E-state index contributed by atoms with van der Waals surface area (Å²) >= 11 is 1.53. The summed E-state index contributed by atoms with van der Waals surface area (Å²) in [4.78, 5) is 20.1. The number of fused-ring (bicyclic) bond motifs is 1. The van der Waals surface area contributed by atoms with E-state index in [0.29, 0.717) is 16.2 Å². The highest BCUT2D eigenvalue weighted by Gasteiger charge is 2.15. The quantitative estimate of drug-likeness (QED) is 0.418. The van der Waals surface area contributed by atoms with E-state index < -0.39 is 0 Å². The zero-order valence-electron chi connectivity index (χ0n) is 15.4. The minimum Gasteiger partial charge on any atom is -0.301 e. The monoisotopic (exact) mass is 376 g/mol. The molecule has 0 unspecified atom stereocenters. The molecule has 0 spiro atoms. The lowest BCUT2D eigenvalue weighted by molar-refractivity contribution is 0.869. The van der Waals surface area contributed by atoms with Gasteiger partial charge in [-0.2, -0.15) is 5.10 Å². The van der Waals surface area contributed by atoms with Crippen LogP contribution in [0.15, 0.2) is 64.7 Å². The van der Waals surface area contributed by atoms with Crippen LogP contribution in [0.3, 0.4) is 0 Å². The van der Waals surface area contributed by atoms with Crippen LogP contribution in [0.25, 0.3) is 16.7 Å². The molecule has 27 heavy (non-hydrogen) atoms. The highest BCUT2D eigenvalue weighted by Crippen LogP contribution is 2.32. The molecule has 0 bridgehead atoms. The molecule has 2 aromatic heterocycles. The first-order chi connectivity index (χ1) is 13.0. The summed E-state index contributed by atoms with van der Waals surface area (Å²) in [5.74, 6) is 0. The van der Waals surface area contributed by atoms with E-state index in [2.05, 4.69) is 55.1 Å². The van der Waals surface area contributed by atoms with Crippen LogP contribution < -0.4 is 5.56 Å². The van der Waals surface area contributed by atoms with E-state index in [0.717, 1.165) is 5.69 Å². The summed E-state index contributed by atoms with van der Waals surface area (Å²) in [6.07, 6.45) is 1.57. The lowest BCUT2D eigenvalue weighted by Gasteiger charge is -2.11. The zero-order chi connectivity index (χ0) is 19.0. The molecule has 1 N–H and O–H groups in total. The molecule has 4 rings (SSSR count). The molecule has 2 aromatic carbocycles. The minimum absolute atomic E-state index is 0.169. The zero-order valence-corrected chi connectivity index (χ0v) is 16.2. The summed E-state index contributed by atoms with van der Waals surface area (Å²) in [6.45, 7) is 6.24. The van der Waals surface area contributed by atoms with Crippen LogP contribution in [0.4, 0.5) is 0 Å². The molecule has 0 saturated heterocycles. The molecular weight excluding hydrogens is 356 g/mol. The molecule has 0 saturated carbocycles. The molecule has 0 fully saturated rings. The first-order valence-corrected chi connectivity index (χ1v) is 9.68. The van der Waals surface area contributed by atoms with Crippen molar-refractivity contribution in [3.63, 3.8) is 0 Å². The number of thioether (sulfide) groups is 1. The van der Waals surface area contributed by atoms with Crippen molar-refractivity contribution in [1.82, 2.24) is 19.7 Å². The number of aromatic nitrogens is 4. The van der Waals surface area contributed by atoms with Crippen molar-refractivity contribution in [1.29, 1.82) is 0 Å². The number of hydrogen-bond donors (Lipinski definition) is 1. The molecule has 0 aliphatic carbocycles. The van der Waals surface area contributed by atoms with Crippen LogP contribution in [0, 0.1) is 13.8 Å². The minimum atomic E-state index is -0.169. The van der Waals surface area contributed by atoms with Gasteiger partial charge in [0.05, 0.1) is 11.9 Å². The van der Waals surface area contributed by atoms with Gasteiger partial charge in [-0.15, -0.1) is 0 Å². The lowest BCUT2D eigenvalue weighted by Crippen LogP contribution is -2.10. The van der Waals surface area contributed by atoms with Crippen molar-refractivity contribution in [3.8, 4) is 5.69 Å². The second kappa shape index (κ2) is 7.04. The van der Waals surface area contributed by atoms with Crippen molar-refractivity contribution < 1.29 is 0 Å². The summed E-state index contributed by atoms with van der Waals surface area (Å²) in [5.41, 5.74) is 4.89. The van der Waals surface area contributed by atoms with Crippen LogP contribution in [0.1, 0.15) is 28.9 Å². The topological polar surface area (TPSA) is 63.6 Å². The molecule has 0 aliphatic rings. The molecule has 0 amide bonds. The average molecular weight is 376 g/mol. The molecule has 5 nitrogen and oxygen atoms in total. The fraction of sp³-hybridized carbons (Fsp3) is 0.190. The first-order valence-electron chi connectivity index (χ1n) is 8.80. The van der Waals surface area contributed by atoms with E-state index in [1.807, 2.05) is 24.3 Å². The van der Waals surface area contributed by atoms with Crippen molar-refractivity contribution in [2.24, 2.45) is 0 Å². The number of hydrogen-bond acceptors (Lipinski definition) is 4. The standard InChI is InChI=1S/C21H20N4OS/c1-13-9-10-17(11-14(13)2)25-19-18(12-22-25)20(26)24-21(23-19)27-15(3)16-7-5-4-6-8-16/h4-12,15H,1-3H3,(H,23,24,26)/t15-/m1/s1. The Hall–Kier alpha value is -2.86. The Morgan fingerprint density at radius 2 is 1.85 bits per heavy atom. The SMILES string of the molecule is Cc1ccc(-n2ncc3c(=O)[nH]c(S[C@H](C)c4ccccc4)nc32)cc1C. The van der Waals surface area contributed by atoms with Gasteiger partial charge >= 0.3 is 0 Å². The molecule has 2 heterocycles. The Kier molecular flexibility index (Phi) is 4.58. The Bertz CT molecular complexity index is 1160. The summed E-state index contributed by atoms with van der Waals surface area (Å²) < 4.78 is 1.73. The van der Waals surface area contributed by atoms with E-state index in [1.54, 1.807) is 10.9 Å². The second-order valence-corrected chi connectivity index (χ2v) is 7.93. The van der Waals surface area contributed by atoms with E-state index >= 15 is 0 Å². The Morgan fingerprint density at radius 1 is 1.07 bits per heavy atom. The number of nitrogens with one attached hydrogen (secondary N) is 1. The number of rotatable bonds is 4. The maximum atomic E-state index is 12.5. The number of benzene rings is 2. The van der Waals surface area contributed by atoms with Gasteiger partial charge in [-0.25, -0.2) is 9.67 Å². The van der Waals surface area contributed by atoms with Gasteiger partial charge in [-0.3, -0.25) is 4.79 Å². The van der Waals surface area contributed by atoms with Crippen molar-refractivity contribution in [2.75, 3.05) is 0 Å². The third kappa shape index (κ3) is 3.40. The predicted octanol–water partition coefficient (Wildman–Crippen LogP) is 4.58. The molecule has 136 valence electrons. The fourth-order valence-electron chi connectivity index (χ4n) is 2.96. The third-order valence-corrected chi connectivity index (χ3v) is 5.75. The molecule has 0 radical (unpaired) electrons. The van der Waals surface area contributed by atoms with E-state index in [9.17, 15) is 4.79 Å². The van der Waals surface area contributed by atoms with Gasteiger partial charge in [-0.1, -0.05) is 48.2 Å². The van der Waals surface area contributed by atoms with Crippen molar-refractivity contribution in [2.45, 2.75) is 31.2 Å². The maximum Gasteiger partial charge on any atom is 0.262 e. The molecule has 0 aliphatic heterocycles. The average Bonchev–Trinajstić information content (AvgIpc) is 3.09. The van der Waals surface area contributed by atoms with Crippen LogP contribution in [-0.2, 0) is 0 Å². The number of nitrogens with zero attached hydrogens (tertiary/aromatic N) is 3. The molecule has 1 atom stereocenters. The van der Waals surface area contributed by atoms with Crippen LogP contribution >= 0.6 is 11.8 Å². The van der Waals surface area contributed by atoms with E-state index in [-0.39, 0.29) is 10.8 Å². The highest BCUT2D eigenvalue weighted by atomic mass is 32.2. The Balaban J connectivity index is 1.76. The van der Waals surface area contributed by atoms with E-state index in [4.69, 9.17) is 4.98 Å². The van der Waals surface area contributed by atoms with Gasteiger partial charge in [0.15, 0.2) is 10.8 Å².